The lowest BCUT2D eigenvalue weighted by Gasteiger charge is -1.85. The normalized spacial score (nSPS) is 11.1. The van der Waals surface area contributed by atoms with Crippen LogP contribution in [0.2, 0.25) is 0 Å². The van der Waals surface area contributed by atoms with E-state index in [1.165, 1.54) is 0 Å². The summed E-state index contributed by atoms with van der Waals surface area (Å²) in [5.74, 6) is 2.13. The average molecular weight is 234 g/mol. The molecule has 4 nitrogen and oxygen atoms in total. The van der Waals surface area contributed by atoms with Crippen molar-refractivity contribution in [1.29, 1.82) is 0 Å². The van der Waals surface area contributed by atoms with Gasteiger partial charge in [0.15, 0.2) is 5.76 Å². The molecule has 0 radical (unpaired) electrons. The maximum atomic E-state index is 5.64. The van der Waals surface area contributed by atoms with Gasteiger partial charge in [-0.15, -0.1) is 16.7 Å². The van der Waals surface area contributed by atoms with Crippen LogP contribution >= 0.6 is 11.6 Å². The zero-order chi connectivity index (χ0) is 11.0. The van der Waals surface area contributed by atoms with Crippen molar-refractivity contribution in [1.82, 2.24) is 15.2 Å². The van der Waals surface area contributed by atoms with E-state index in [-0.39, 0.29) is 0 Å². The molecule has 80 valence electrons. The van der Waals surface area contributed by atoms with Gasteiger partial charge in [-0.1, -0.05) is 18.2 Å². The molecular formula is C11H8ClN3O. The molecule has 1 N–H and O–H groups in total. The number of hydrogen-bond acceptors (Lipinski definition) is 3. The Bertz CT molecular complexity index is 596. The quantitative estimate of drug-likeness (QED) is 0.693. The smallest absolute Gasteiger partial charge is 0.217 e. The van der Waals surface area contributed by atoms with Gasteiger partial charge in [0.05, 0.1) is 5.88 Å². The number of rotatable bonds is 2. The fourth-order valence-corrected chi connectivity index (χ4v) is 1.68. The summed E-state index contributed by atoms with van der Waals surface area (Å²) >= 11 is 5.64. The van der Waals surface area contributed by atoms with Gasteiger partial charge in [0.2, 0.25) is 5.82 Å². The van der Waals surface area contributed by atoms with Crippen LogP contribution in [-0.2, 0) is 5.88 Å². The van der Waals surface area contributed by atoms with E-state index in [0.29, 0.717) is 23.3 Å². The van der Waals surface area contributed by atoms with Crippen molar-refractivity contribution >= 4 is 22.6 Å². The first-order valence-electron chi connectivity index (χ1n) is 4.83. The molecule has 3 aromatic rings. The van der Waals surface area contributed by atoms with Crippen molar-refractivity contribution in [3.05, 3.63) is 36.2 Å². The Kier molecular flexibility index (Phi) is 2.15. The Morgan fingerprint density at radius 3 is 2.94 bits per heavy atom. The van der Waals surface area contributed by atoms with Crippen LogP contribution in [0.15, 0.2) is 34.7 Å². The number of aromatic nitrogens is 3. The van der Waals surface area contributed by atoms with E-state index < -0.39 is 0 Å². The second kappa shape index (κ2) is 3.64. The lowest BCUT2D eigenvalue weighted by molar-refractivity contribution is 0.625. The Balaban J connectivity index is 2.11. The van der Waals surface area contributed by atoms with Crippen LogP contribution in [0.4, 0.5) is 0 Å². The van der Waals surface area contributed by atoms with Gasteiger partial charge in [-0.3, -0.25) is 5.10 Å². The summed E-state index contributed by atoms with van der Waals surface area (Å²) in [7, 11) is 0. The molecule has 0 aliphatic heterocycles. The minimum absolute atomic E-state index is 0.313. The van der Waals surface area contributed by atoms with E-state index in [1.54, 1.807) is 0 Å². The molecular weight excluding hydrogens is 226 g/mol. The molecule has 0 spiro atoms. The molecule has 2 aromatic heterocycles. The first-order chi connectivity index (χ1) is 7.86. The molecule has 3 rings (SSSR count). The van der Waals surface area contributed by atoms with Gasteiger partial charge in [0.25, 0.3) is 0 Å². The van der Waals surface area contributed by atoms with Gasteiger partial charge in [-0.2, -0.15) is 0 Å². The topological polar surface area (TPSA) is 54.7 Å². The van der Waals surface area contributed by atoms with Crippen LogP contribution < -0.4 is 0 Å². The number of nitrogens with one attached hydrogen (secondary N) is 1. The number of nitrogens with zero attached hydrogens (tertiary/aromatic N) is 2. The van der Waals surface area contributed by atoms with E-state index in [4.69, 9.17) is 16.0 Å². The molecule has 0 saturated carbocycles. The molecule has 0 aliphatic rings. The van der Waals surface area contributed by atoms with E-state index in [2.05, 4.69) is 15.2 Å². The first kappa shape index (κ1) is 9.42. The lowest BCUT2D eigenvalue weighted by Crippen LogP contribution is -1.78. The zero-order valence-electron chi connectivity index (χ0n) is 8.27. The highest BCUT2D eigenvalue weighted by Crippen LogP contribution is 2.25. The van der Waals surface area contributed by atoms with E-state index in [1.807, 2.05) is 30.3 Å². The number of fused-ring (bicyclic) bond motifs is 1. The number of furan rings is 1. The number of para-hydroxylation sites is 1. The van der Waals surface area contributed by atoms with Crippen molar-refractivity contribution in [3.8, 4) is 11.6 Å². The maximum Gasteiger partial charge on any atom is 0.217 e. The number of alkyl halides is 1. The van der Waals surface area contributed by atoms with Gasteiger partial charge in [0.1, 0.15) is 11.4 Å². The molecule has 0 aliphatic carbocycles. The van der Waals surface area contributed by atoms with E-state index in [0.717, 1.165) is 11.0 Å². The molecule has 1 aromatic carbocycles. The third kappa shape index (κ3) is 1.47. The van der Waals surface area contributed by atoms with Crippen LogP contribution in [0.1, 0.15) is 5.82 Å². The molecule has 0 unspecified atom stereocenters. The summed E-state index contributed by atoms with van der Waals surface area (Å²) in [6.45, 7) is 0. The Hall–Kier alpha value is -1.81. The minimum Gasteiger partial charge on any atom is -0.453 e. The standard InChI is InChI=1S/C11H8ClN3O/c12-6-10-13-11(15-14-10)9-5-7-3-1-2-4-8(7)16-9/h1-5H,6H2,(H,13,14,15). The van der Waals surface area contributed by atoms with Gasteiger partial charge in [-0.05, 0) is 12.1 Å². The third-order valence-corrected chi connectivity index (χ3v) is 2.56. The predicted octanol–water partition coefficient (Wildman–Crippen LogP) is 2.96. The predicted molar refractivity (Wildman–Crippen MR) is 61.1 cm³/mol. The molecule has 0 fully saturated rings. The zero-order valence-corrected chi connectivity index (χ0v) is 9.03. The van der Waals surface area contributed by atoms with Gasteiger partial charge in [-0.25, -0.2) is 4.98 Å². The summed E-state index contributed by atoms with van der Waals surface area (Å²) in [6.07, 6.45) is 0. The van der Waals surface area contributed by atoms with Gasteiger partial charge >= 0.3 is 0 Å². The van der Waals surface area contributed by atoms with Crippen molar-refractivity contribution in [2.45, 2.75) is 5.88 Å². The molecule has 0 amide bonds. The highest BCUT2D eigenvalue weighted by Gasteiger charge is 2.10. The molecule has 5 heteroatoms. The monoisotopic (exact) mass is 233 g/mol. The number of hydrogen-bond donors (Lipinski definition) is 1. The number of benzene rings is 1. The highest BCUT2D eigenvalue weighted by molar-refractivity contribution is 6.16. The summed E-state index contributed by atoms with van der Waals surface area (Å²) in [5, 5.41) is 7.82. The Morgan fingerprint density at radius 1 is 1.31 bits per heavy atom. The Morgan fingerprint density at radius 2 is 2.19 bits per heavy atom. The van der Waals surface area contributed by atoms with E-state index in [9.17, 15) is 0 Å². The van der Waals surface area contributed by atoms with Crippen molar-refractivity contribution in [2.75, 3.05) is 0 Å². The molecule has 0 saturated heterocycles. The van der Waals surface area contributed by atoms with Crippen LogP contribution in [-0.4, -0.2) is 15.2 Å². The van der Waals surface area contributed by atoms with E-state index >= 15 is 0 Å². The summed E-state index contributed by atoms with van der Waals surface area (Å²) in [5.41, 5.74) is 0.828. The summed E-state index contributed by atoms with van der Waals surface area (Å²) in [4.78, 5) is 4.20. The van der Waals surface area contributed by atoms with Crippen LogP contribution in [0.5, 0.6) is 0 Å². The molecule has 0 atom stereocenters. The Labute approximate surface area is 96.2 Å². The minimum atomic E-state index is 0.313. The molecule has 0 bridgehead atoms. The third-order valence-electron chi connectivity index (χ3n) is 2.30. The van der Waals surface area contributed by atoms with Crippen LogP contribution in [0.25, 0.3) is 22.6 Å². The fourth-order valence-electron chi connectivity index (χ4n) is 1.56. The average Bonchev–Trinajstić information content (AvgIpc) is 2.95. The second-order valence-corrected chi connectivity index (χ2v) is 3.66. The lowest BCUT2D eigenvalue weighted by atomic mass is 10.2. The van der Waals surface area contributed by atoms with Crippen molar-refractivity contribution in [3.63, 3.8) is 0 Å². The molecule has 2 heterocycles. The number of halogens is 1. The van der Waals surface area contributed by atoms with Crippen LogP contribution in [0, 0.1) is 0 Å². The first-order valence-corrected chi connectivity index (χ1v) is 5.36. The summed E-state index contributed by atoms with van der Waals surface area (Å²) < 4.78 is 5.62. The summed E-state index contributed by atoms with van der Waals surface area (Å²) in [6, 6.07) is 9.70. The molecule has 16 heavy (non-hydrogen) atoms. The second-order valence-electron chi connectivity index (χ2n) is 3.39. The van der Waals surface area contributed by atoms with Crippen molar-refractivity contribution in [2.24, 2.45) is 0 Å². The number of aromatic amines is 1. The van der Waals surface area contributed by atoms with Crippen molar-refractivity contribution < 1.29 is 4.42 Å². The fraction of sp³-hybridized carbons (Fsp3) is 0.0909. The SMILES string of the molecule is ClCc1nc(-c2cc3ccccc3o2)n[nH]1. The largest absolute Gasteiger partial charge is 0.453 e. The maximum absolute atomic E-state index is 5.64. The highest BCUT2D eigenvalue weighted by atomic mass is 35.5. The van der Waals surface area contributed by atoms with Crippen LogP contribution in [0.3, 0.4) is 0 Å². The number of H-pyrrole nitrogens is 1. The van der Waals surface area contributed by atoms with Gasteiger partial charge in [0, 0.05) is 5.39 Å². The van der Waals surface area contributed by atoms with Gasteiger partial charge < -0.3 is 4.42 Å².